The van der Waals surface area contributed by atoms with Crippen LogP contribution in [-0.2, 0) is 5.66 Å². The maximum absolute atomic E-state index is 12.9. The molecule has 0 bridgehead atoms. The zero-order valence-corrected chi connectivity index (χ0v) is 17.9. The van der Waals surface area contributed by atoms with E-state index in [9.17, 15) is 4.79 Å². The predicted molar refractivity (Wildman–Crippen MR) is 120 cm³/mol. The van der Waals surface area contributed by atoms with E-state index in [-0.39, 0.29) is 11.2 Å². The molecular weight excluding hydrogens is 372 g/mol. The average Bonchev–Trinajstić information content (AvgIpc) is 2.74. The first-order valence-electron chi connectivity index (χ1n) is 10.8. The summed E-state index contributed by atoms with van der Waals surface area (Å²) < 4.78 is 2.01. The first-order valence-corrected chi connectivity index (χ1v) is 10.8. The van der Waals surface area contributed by atoms with Crippen molar-refractivity contribution in [1.82, 2.24) is 14.8 Å². The summed E-state index contributed by atoms with van der Waals surface area (Å²) in [4.78, 5) is 17.5. The Bertz CT molecular complexity index is 1140. The van der Waals surface area contributed by atoms with E-state index in [0.29, 0.717) is 22.9 Å². The van der Waals surface area contributed by atoms with Gasteiger partial charge in [-0.3, -0.25) is 4.79 Å². The van der Waals surface area contributed by atoms with Crippen molar-refractivity contribution in [3.05, 3.63) is 65.0 Å². The summed E-state index contributed by atoms with van der Waals surface area (Å²) >= 11 is 0. The van der Waals surface area contributed by atoms with Crippen LogP contribution in [0.3, 0.4) is 0 Å². The van der Waals surface area contributed by atoms with Gasteiger partial charge in [0, 0.05) is 16.8 Å². The Morgan fingerprint density at radius 2 is 1.67 bits per heavy atom. The number of anilines is 1. The number of nitrogens with one attached hydrogen (secondary N) is 1. The Morgan fingerprint density at radius 1 is 1.00 bits per heavy atom. The van der Waals surface area contributed by atoms with Crippen LogP contribution in [-0.4, -0.2) is 14.8 Å². The van der Waals surface area contributed by atoms with Crippen LogP contribution in [0.5, 0.6) is 0 Å². The Hall–Kier alpha value is -2.95. The summed E-state index contributed by atoms with van der Waals surface area (Å²) in [5.74, 6) is 1.34. The van der Waals surface area contributed by atoms with E-state index >= 15 is 0 Å². The number of fused-ring (bicyclic) bond motifs is 4. The summed E-state index contributed by atoms with van der Waals surface area (Å²) in [6.07, 6.45) is 4.16. The molecule has 0 atom stereocenters. The monoisotopic (exact) mass is 400 g/mol. The summed E-state index contributed by atoms with van der Waals surface area (Å²) in [6, 6.07) is 17.7. The molecule has 5 rings (SSSR count). The third kappa shape index (κ3) is 3.04. The maximum Gasteiger partial charge on any atom is 0.300 e. The van der Waals surface area contributed by atoms with Crippen LogP contribution < -0.4 is 10.9 Å². The van der Waals surface area contributed by atoms with Crippen LogP contribution in [0.4, 0.5) is 5.69 Å². The molecule has 0 saturated heterocycles. The standard InChI is InChI=1S/C25H28N4O/c1-24(2,3)18-13-15-25(16-14-18)27-20-12-8-7-11-19(20)22-26-23(30)21(28-29(22)25)17-9-5-4-6-10-17/h4-12,18,27H,13-16H2,1-3H3. The zero-order chi connectivity index (χ0) is 20.9. The lowest BCUT2D eigenvalue weighted by Gasteiger charge is -2.48. The molecule has 2 heterocycles. The molecule has 1 aliphatic carbocycles. The largest absolute Gasteiger partial charge is 0.361 e. The molecule has 30 heavy (non-hydrogen) atoms. The fourth-order valence-electron chi connectivity index (χ4n) is 5.03. The third-order valence-corrected chi connectivity index (χ3v) is 6.84. The number of benzene rings is 2. The average molecular weight is 401 g/mol. The molecule has 0 radical (unpaired) electrons. The molecule has 1 fully saturated rings. The van der Waals surface area contributed by atoms with Gasteiger partial charge in [0.15, 0.2) is 11.5 Å². The number of hydrogen-bond donors (Lipinski definition) is 1. The van der Waals surface area contributed by atoms with Gasteiger partial charge in [0.05, 0.1) is 0 Å². The summed E-state index contributed by atoms with van der Waals surface area (Å²) in [5.41, 5.74) is 2.86. The van der Waals surface area contributed by atoms with E-state index in [1.165, 1.54) is 0 Å². The third-order valence-electron chi connectivity index (χ3n) is 6.84. The first kappa shape index (κ1) is 19.0. The van der Waals surface area contributed by atoms with Gasteiger partial charge in [-0.25, -0.2) is 4.68 Å². The minimum atomic E-state index is -0.352. The highest BCUT2D eigenvalue weighted by atomic mass is 16.1. The van der Waals surface area contributed by atoms with E-state index in [1.54, 1.807) is 0 Å². The summed E-state index contributed by atoms with van der Waals surface area (Å²) in [5, 5.41) is 8.72. The van der Waals surface area contributed by atoms with Crippen LogP contribution in [0.2, 0.25) is 0 Å². The van der Waals surface area contributed by atoms with Gasteiger partial charge in [0.25, 0.3) is 5.56 Å². The minimum absolute atomic E-state index is 0.275. The molecule has 1 spiro atoms. The molecule has 154 valence electrons. The molecule has 5 nitrogen and oxygen atoms in total. The van der Waals surface area contributed by atoms with E-state index in [0.717, 1.165) is 42.5 Å². The highest BCUT2D eigenvalue weighted by Gasteiger charge is 2.44. The second kappa shape index (κ2) is 6.79. The number of para-hydroxylation sites is 1. The van der Waals surface area contributed by atoms with Crippen molar-refractivity contribution < 1.29 is 0 Å². The number of aromatic nitrogens is 3. The summed E-state index contributed by atoms with van der Waals surface area (Å²) in [7, 11) is 0. The van der Waals surface area contributed by atoms with Crippen LogP contribution >= 0.6 is 0 Å². The zero-order valence-electron chi connectivity index (χ0n) is 17.9. The second-order valence-electron chi connectivity index (χ2n) is 9.71. The molecular formula is C25H28N4O. The lowest BCUT2D eigenvalue weighted by Crippen LogP contribution is -2.50. The van der Waals surface area contributed by atoms with Gasteiger partial charge in [-0.15, -0.1) is 0 Å². The van der Waals surface area contributed by atoms with E-state index in [1.807, 2.05) is 53.2 Å². The van der Waals surface area contributed by atoms with Gasteiger partial charge in [-0.2, -0.15) is 10.1 Å². The molecule has 1 aliphatic heterocycles. The second-order valence-corrected chi connectivity index (χ2v) is 9.71. The molecule has 1 aromatic heterocycles. The van der Waals surface area contributed by atoms with E-state index in [2.05, 4.69) is 37.1 Å². The number of nitrogens with zero attached hydrogens (tertiary/aromatic N) is 3. The predicted octanol–water partition coefficient (Wildman–Crippen LogP) is 5.29. The van der Waals surface area contributed by atoms with Crippen LogP contribution in [0.1, 0.15) is 46.5 Å². The van der Waals surface area contributed by atoms with Crippen molar-refractivity contribution in [3.63, 3.8) is 0 Å². The van der Waals surface area contributed by atoms with Crippen LogP contribution in [0, 0.1) is 11.3 Å². The van der Waals surface area contributed by atoms with Gasteiger partial charge < -0.3 is 5.32 Å². The molecule has 2 aromatic carbocycles. The number of rotatable bonds is 1. The van der Waals surface area contributed by atoms with Crippen molar-refractivity contribution in [2.45, 2.75) is 52.1 Å². The Balaban J connectivity index is 1.67. The molecule has 3 aromatic rings. The SMILES string of the molecule is CC(C)(C)C1CCC2(CC1)Nc1ccccc1-c1nc(=O)c(-c3ccccc3)nn12. The fraction of sp³-hybridized carbons (Fsp3) is 0.400. The fourth-order valence-corrected chi connectivity index (χ4v) is 5.03. The highest BCUT2D eigenvalue weighted by Crippen LogP contribution is 2.48. The van der Waals surface area contributed by atoms with Crippen molar-refractivity contribution in [2.75, 3.05) is 5.32 Å². The van der Waals surface area contributed by atoms with Crippen molar-refractivity contribution in [3.8, 4) is 22.6 Å². The quantitative estimate of drug-likeness (QED) is 0.603. The van der Waals surface area contributed by atoms with Crippen LogP contribution in [0.25, 0.3) is 22.6 Å². The lowest BCUT2D eigenvalue weighted by molar-refractivity contribution is 0.100. The van der Waals surface area contributed by atoms with Crippen LogP contribution in [0.15, 0.2) is 59.4 Å². The van der Waals surface area contributed by atoms with Gasteiger partial charge >= 0.3 is 0 Å². The smallest absolute Gasteiger partial charge is 0.300 e. The molecule has 1 saturated carbocycles. The number of hydrogen-bond acceptors (Lipinski definition) is 4. The summed E-state index contributed by atoms with van der Waals surface area (Å²) in [6.45, 7) is 6.99. The molecule has 2 aliphatic rings. The molecule has 0 amide bonds. The minimum Gasteiger partial charge on any atom is -0.361 e. The Morgan fingerprint density at radius 3 is 2.37 bits per heavy atom. The molecule has 5 heteroatoms. The van der Waals surface area contributed by atoms with E-state index in [4.69, 9.17) is 5.10 Å². The maximum atomic E-state index is 12.9. The molecule has 0 unspecified atom stereocenters. The van der Waals surface area contributed by atoms with Gasteiger partial charge in [0.1, 0.15) is 5.66 Å². The van der Waals surface area contributed by atoms with Gasteiger partial charge in [-0.1, -0.05) is 63.2 Å². The van der Waals surface area contributed by atoms with Gasteiger partial charge in [-0.05, 0) is 49.1 Å². The van der Waals surface area contributed by atoms with Gasteiger partial charge in [0.2, 0.25) is 0 Å². The topological polar surface area (TPSA) is 59.8 Å². The van der Waals surface area contributed by atoms with Crippen molar-refractivity contribution in [2.24, 2.45) is 11.3 Å². The first-order chi connectivity index (χ1) is 14.4. The highest BCUT2D eigenvalue weighted by molar-refractivity contribution is 5.76. The Labute approximate surface area is 177 Å². The molecule has 1 N–H and O–H groups in total. The van der Waals surface area contributed by atoms with Crippen molar-refractivity contribution in [1.29, 1.82) is 0 Å². The Kier molecular flexibility index (Phi) is 4.31. The van der Waals surface area contributed by atoms with Crippen molar-refractivity contribution >= 4 is 5.69 Å². The lowest BCUT2D eigenvalue weighted by atomic mass is 9.69. The van der Waals surface area contributed by atoms with E-state index < -0.39 is 0 Å². The normalized spacial score (nSPS) is 22.8.